The third-order valence-electron chi connectivity index (χ3n) is 9.45. The highest BCUT2D eigenvalue weighted by atomic mass is 19.2. The van der Waals surface area contributed by atoms with Crippen molar-refractivity contribution in [3.05, 3.63) is 41.2 Å². The minimum Gasteiger partial charge on any atom is -0.420 e. The van der Waals surface area contributed by atoms with E-state index in [9.17, 15) is 41.1 Å². The molecule has 1 heterocycles. The van der Waals surface area contributed by atoms with Crippen molar-refractivity contribution < 1.29 is 122 Å². The number of esters is 1. The van der Waals surface area contributed by atoms with E-state index < -0.39 is 59.0 Å². The Morgan fingerprint density at radius 1 is 0.342 bits per heavy atom. The first-order chi connectivity index (χ1) is 37.1. The van der Waals surface area contributed by atoms with Gasteiger partial charge in [0.15, 0.2) is 0 Å². The molecule has 1 aromatic carbocycles. The summed E-state index contributed by atoms with van der Waals surface area (Å²) in [6.07, 6.45) is 1.91. The van der Waals surface area contributed by atoms with E-state index in [1.165, 1.54) is 12.2 Å². The molecule has 0 aliphatic carbocycles. The van der Waals surface area contributed by atoms with E-state index in [4.69, 9.17) is 75.8 Å². The summed E-state index contributed by atoms with van der Waals surface area (Å²) >= 11 is 0. The van der Waals surface area contributed by atoms with Crippen molar-refractivity contribution in [3.63, 3.8) is 0 Å². The third kappa shape index (κ3) is 36.2. The third-order valence-corrected chi connectivity index (χ3v) is 9.45. The molecule has 0 unspecified atom stereocenters. The highest BCUT2D eigenvalue weighted by molar-refractivity contribution is 6.13. The number of ether oxygens (including phenoxy) is 17. The van der Waals surface area contributed by atoms with Gasteiger partial charge in [-0.15, -0.1) is 0 Å². The molecule has 0 spiro atoms. The Balaban J connectivity index is 1.14. The van der Waals surface area contributed by atoms with Crippen molar-refractivity contribution in [2.45, 2.75) is 12.8 Å². The minimum atomic E-state index is -2.36. The van der Waals surface area contributed by atoms with E-state index >= 15 is 0 Å². The topological polar surface area (TPSA) is 240 Å². The lowest BCUT2D eigenvalue weighted by Gasteiger charge is -2.13. The number of hydrogen-bond acceptors (Lipinski definition) is 21. The van der Waals surface area contributed by atoms with Crippen LogP contribution >= 0.6 is 0 Å². The van der Waals surface area contributed by atoms with Crippen molar-refractivity contribution in [1.29, 1.82) is 0 Å². The number of benzene rings is 1. The molecule has 0 atom stereocenters. The molecule has 1 aliphatic rings. The van der Waals surface area contributed by atoms with Crippen molar-refractivity contribution in [2.24, 2.45) is 0 Å². The normalized spacial score (nSPS) is 12.5. The van der Waals surface area contributed by atoms with Gasteiger partial charge in [0, 0.05) is 31.7 Å². The number of halogens is 5. The van der Waals surface area contributed by atoms with Gasteiger partial charge in [-0.1, -0.05) is 0 Å². The molecular formula is C48H75F5N2O21. The number of imide groups is 1. The second-order valence-corrected chi connectivity index (χ2v) is 15.2. The van der Waals surface area contributed by atoms with E-state index in [1.807, 2.05) is 0 Å². The Hall–Kier alpha value is -3.95. The van der Waals surface area contributed by atoms with E-state index in [0.717, 1.165) is 4.90 Å². The van der Waals surface area contributed by atoms with E-state index in [-0.39, 0.29) is 45.3 Å². The molecule has 23 nitrogen and oxygen atoms in total. The molecule has 28 heteroatoms. The Labute approximate surface area is 439 Å². The molecular weight excluding hydrogens is 1040 g/mol. The standard InChI is InChI=1S/C48H75F5N2O21/c49-43-44(50)46(52)48(47(53)45(43)51)76-42(59)4-7-60-9-11-62-13-15-64-17-19-66-21-23-68-25-27-70-29-31-72-33-35-74-37-38-75-36-34-73-32-30-71-28-26-69-24-22-67-20-18-65-16-14-63-12-10-61-8-5-54-39(56)3-6-55-40(57)1-2-41(55)58/h1-2H,3-38H2,(H,54,56). The van der Waals surface area contributed by atoms with Crippen LogP contribution in [0.1, 0.15) is 12.8 Å². The van der Waals surface area contributed by atoms with Gasteiger partial charge in [0.1, 0.15) is 0 Å². The van der Waals surface area contributed by atoms with E-state index in [0.29, 0.717) is 192 Å². The van der Waals surface area contributed by atoms with Crippen LogP contribution in [0.25, 0.3) is 0 Å². The molecule has 1 N–H and O–H groups in total. The van der Waals surface area contributed by atoms with Crippen molar-refractivity contribution in [2.75, 3.05) is 225 Å². The quantitative estimate of drug-likeness (QED) is 0.0184. The Bertz CT molecular complexity index is 1660. The molecule has 0 fully saturated rings. The summed E-state index contributed by atoms with van der Waals surface area (Å²) in [6, 6.07) is 0. The number of nitrogens with zero attached hydrogens (tertiary/aromatic N) is 1. The molecule has 0 saturated heterocycles. The lowest BCUT2D eigenvalue weighted by Crippen LogP contribution is -2.35. The number of hydrogen-bond donors (Lipinski definition) is 1. The second kappa shape index (κ2) is 48.2. The number of amides is 3. The zero-order valence-corrected chi connectivity index (χ0v) is 43.0. The lowest BCUT2D eigenvalue weighted by atomic mass is 10.2. The largest absolute Gasteiger partial charge is 0.420 e. The molecule has 0 bridgehead atoms. The van der Waals surface area contributed by atoms with Crippen molar-refractivity contribution in [3.8, 4) is 5.75 Å². The number of rotatable bonds is 55. The summed E-state index contributed by atoms with van der Waals surface area (Å²) in [5, 5.41) is 2.67. The fourth-order valence-electron chi connectivity index (χ4n) is 5.61. The Kier molecular flexibility index (Phi) is 43.2. The lowest BCUT2D eigenvalue weighted by molar-refractivity contribution is -0.138. The van der Waals surface area contributed by atoms with E-state index in [1.54, 1.807) is 0 Å². The number of carbonyl (C=O) groups excluding carboxylic acids is 4. The molecule has 1 aliphatic heterocycles. The second-order valence-electron chi connectivity index (χ2n) is 15.2. The van der Waals surface area contributed by atoms with E-state index in [2.05, 4.69) is 10.1 Å². The average molecular weight is 1110 g/mol. The van der Waals surface area contributed by atoms with Crippen LogP contribution in [0.4, 0.5) is 22.0 Å². The first-order valence-electron chi connectivity index (χ1n) is 24.9. The molecule has 76 heavy (non-hydrogen) atoms. The van der Waals surface area contributed by atoms with Crippen molar-refractivity contribution >= 4 is 23.7 Å². The highest BCUT2D eigenvalue weighted by Crippen LogP contribution is 2.29. The summed E-state index contributed by atoms with van der Waals surface area (Å²) in [5.74, 6) is -15.3. The maximum Gasteiger partial charge on any atom is 0.313 e. The van der Waals surface area contributed by atoms with Gasteiger partial charge in [-0.05, 0) is 0 Å². The van der Waals surface area contributed by atoms with Gasteiger partial charge in [0.25, 0.3) is 11.8 Å². The van der Waals surface area contributed by atoms with Crippen LogP contribution < -0.4 is 10.1 Å². The number of carbonyl (C=O) groups is 4. The average Bonchev–Trinajstić information content (AvgIpc) is 3.74. The molecule has 0 aromatic heterocycles. The van der Waals surface area contributed by atoms with Crippen LogP contribution in [0.15, 0.2) is 12.2 Å². The maximum absolute atomic E-state index is 13.6. The molecule has 0 radical (unpaired) electrons. The summed E-state index contributed by atoms with van der Waals surface area (Å²) in [5.41, 5.74) is 0. The Morgan fingerprint density at radius 2 is 0.579 bits per heavy atom. The first-order valence-corrected chi connectivity index (χ1v) is 24.9. The van der Waals surface area contributed by atoms with Crippen LogP contribution in [0.3, 0.4) is 0 Å². The monoisotopic (exact) mass is 1110 g/mol. The summed E-state index contributed by atoms with van der Waals surface area (Å²) < 4.78 is 158. The van der Waals surface area contributed by atoms with Gasteiger partial charge >= 0.3 is 5.97 Å². The van der Waals surface area contributed by atoms with Gasteiger partial charge in [-0.3, -0.25) is 24.1 Å². The summed E-state index contributed by atoms with van der Waals surface area (Å²) in [7, 11) is 0. The van der Waals surface area contributed by atoms with Crippen LogP contribution in [0.5, 0.6) is 5.75 Å². The van der Waals surface area contributed by atoms with Crippen LogP contribution in [-0.4, -0.2) is 253 Å². The maximum atomic E-state index is 13.6. The fourth-order valence-corrected chi connectivity index (χ4v) is 5.61. The molecule has 3 amide bonds. The van der Waals surface area contributed by atoms with Gasteiger partial charge in [-0.2, -0.15) is 8.78 Å². The Morgan fingerprint density at radius 3 is 0.855 bits per heavy atom. The molecule has 438 valence electrons. The van der Waals surface area contributed by atoms with Gasteiger partial charge < -0.3 is 85.8 Å². The molecule has 0 saturated carbocycles. The van der Waals surface area contributed by atoms with Crippen LogP contribution in [0.2, 0.25) is 0 Å². The zero-order chi connectivity index (χ0) is 54.9. The molecule has 2 rings (SSSR count). The first kappa shape index (κ1) is 68.2. The summed E-state index contributed by atoms with van der Waals surface area (Å²) in [4.78, 5) is 47.5. The van der Waals surface area contributed by atoms with Crippen LogP contribution in [-0.2, 0) is 95.0 Å². The van der Waals surface area contributed by atoms with Crippen LogP contribution in [0, 0.1) is 29.1 Å². The van der Waals surface area contributed by atoms with Crippen molar-refractivity contribution in [1.82, 2.24) is 10.2 Å². The number of nitrogens with one attached hydrogen (secondary N) is 1. The zero-order valence-electron chi connectivity index (χ0n) is 43.0. The summed E-state index contributed by atoms with van der Waals surface area (Å²) in [6.45, 7) is 12.1. The molecule has 1 aromatic rings. The van der Waals surface area contributed by atoms with Gasteiger partial charge in [0.05, 0.1) is 218 Å². The predicted octanol–water partition coefficient (Wildman–Crippen LogP) is 1.37. The van der Waals surface area contributed by atoms with Gasteiger partial charge in [0.2, 0.25) is 40.7 Å². The van der Waals surface area contributed by atoms with Gasteiger partial charge in [-0.25, -0.2) is 13.2 Å². The predicted molar refractivity (Wildman–Crippen MR) is 253 cm³/mol. The fraction of sp³-hybridized carbons (Fsp3) is 0.750. The highest BCUT2D eigenvalue weighted by Gasteiger charge is 2.28. The minimum absolute atomic E-state index is 0.0369. The smallest absolute Gasteiger partial charge is 0.313 e. The SMILES string of the molecule is O=C(CCN1C(=O)C=CC1=O)NCCOCCOCCOCCOCCOCCOCCOCCOCCOCCOCCOCCOCCOCCOCCOCCOCCC(=O)Oc1c(F)c(F)c(F)c(F)c1F.